The van der Waals surface area contributed by atoms with E-state index in [4.69, 9.17) is 5.11 Å². The number of carbonyl (C=O) groups is 1. The second kappa shape index (κ2) is 6.65. The summed E-state index contributed by atoms with van der Waals surface area (Å²) >= 11 is 5.26. The van der Waals surface area contributed by atoms with Crippen LogP contribution < -0.4 is 0 Å². The summed E-state index contributed by atoms with van der Waals surface area (Å²) in [6, 6.07) is 4.24. The van der Waals surface area contributed by atoms with Crippen molar-refractivity contribution in [1.29, 1.82) is 0 Å². The summed E-state index contributed by atoms with van der Waals surface area (Å²) in [5.41, 5.74) is 0. The number of hydrogen-bond acceptors (Lipinski definition) is 4. The monoisotopic (exact) mass is 332 g/mol. The molecule has 18 heavy (non-hydrogen) atoms. The molecule has 0 atom stereocenters. The van der Waals surface area contributed by atoms with Crippen molar-refractivity contribution in [3.8, 4) is 0 Å². The van der Waals surface area contributed by atoms with E-state index in [0.717, 1.165) is 32.7 Å². The second-order valence-electron chi connectivity index (χ2n) is 4.47. The highest BCUT2D eigenvalue weighted by molar-refractivity contribution is 9.11. The van der Waals surface area contributed by atoms with E-state index in [1.807, 2.05) is 0 Å². The molecular weight excluding hydrogens is 316 g/mol. The SMILES string of the molecule is O=C(O)CCN1CCN(Cc2ccc(Br)s2)CC1. The fourth-order valence-electron chi connectivity index (χ4n) is 2.08. The van der Waals surface area contributed by atoms with Gasteiger partial charge in [-0.1, -0.05) is 0 Å². The van der Waals surface area contributed by atoms with E-state index in [1.165, 1.54) is 8.66 Å². The smallest absolute Gasteiger partial charge is 0.304 e. The lowest BCUT2D eigenvalue weighted by Crippen LogP contribution is -2.46. The number of carboxylic acids is 1. The summed E-state index contributed by atoms with van der Waals surface area (Å²) in [6.45, 7) is 5.67. The Morgan fingerprint density at radius 2 is 1.94 bits per heavy atom. The minimum absolute atomic E-state index is 0.248. The van der Waals surface area contributed by atoms with E-state index in [0.29, 0.717) is 6.54 Å². The lowest BCUT2D eigenvalue weighted by molar-refractivity contribution is -0.137. The molecule has 0 aliphatic carbocycles. The molecule has 1 saturated heterocycles. The fourth-order valence-corrected chi connectivity index (χ4v) is 3.61. The topological polar surface area (TPSA) is 43.8 Å². The highest BCUT2D eigenvalue weighted by Crippen LogP contribution is 2.23. The van der Waals surface area contributed by atoms with Crippen LogP contribution >= 0.6 is 27.3 Å². The number of nitrogens with zero attached hydrogens (tertiary/aromatic N) is 2. The van der Waals surface area contributed by atoms with Gasteiger partial charge in [0.1, 0.15) is 0 Å². The molecule has 0 aromatic carbocycles. The van der Waals surface area contributed by atoms with Gasteiger partial charge in [0, 0.05) is 44.1 Å². The Bertz CT molecular complexity index is 403. The Labute approximate surface area is 119 Å². The number of hydrogen-bond donors (Lipinski definition) is 1. The highest BCUT2D eigenvalue weighted by atomic mass is 79.9. The van der Waals surface area contributed by atoms with E-state index < -0.39 is 5.97 Å². The minimum atomic E-state index is -0.708. The summed E-state index contributed by atoms with van der Waals surface area (Å²) in [6.07, 6.45) is 0.248. The minimum Gasteiger partial charge on any atom is -0.481 e. The largest absolute Gasteiger partial charge is 0.481 e. The Kier molecular flexibility index (Phi) is 5.17. The molecule has 6 heteroatoms. The first-order valence-electron chi connectivity index (χ1n) is 6.04. The third kappa shape index (κ3) is 4.35. The lowest BCUT2D eigenvalue weighted by Gasteiger charge is -2.34. The molecule has 1 aromatic rings. The predicted molar refractivity (Wildman–Crippen MR) is 76.0 cm³/mol. The van der Waals surface area contributed by atoms with Crippen molar-refractivity contribution in [3.63, 3.8) is 0 Å². The van der Waals surface area contributed by atoms with Crippen LogP contribution in [0.4, 0.5) is 0 Å². The van der Waals surface area contributed by atoms with E-state index >= 15 is 0 Å². The van der Waals surface area contributed by atoms with Crippen molar-refractivity contribution >= 4 is 33.2 Å². The quantitative estimate of drug-likeness (QED) is 0.896. The summed E-state index contributed by atoms with van der Waals surface area (Å²) < 4.78 is 1.18. The number of aliphatic carboxylic acids is 1. The van der Waals surface area contributed by atoms with Gasteiger partial charge < -0.3 is 10.0 Å². The molecule has 2 rings (SSSR count). The van der Waals surface area contributed by atoms with Crippen LogP contribution in [0, 0.1) is 0 Å². The van der Waals surface area contributed by atoms with Crippen molar-refractivity contribution in [2.75, 3.05) is 32.7 Å². The molecule has 1 N–H and O–H groups in total. The average molecular weight is 333 g/mol. The van der Waals surface area contributed by atoms with Gasteiger partial charge in [0.2, 0.25) is 0 Å². The van der Waals surface area contributed by atoms with Gasteiger partial charge in [0.25, 0.3) is 0 Å². The molecule has 0 radical (unpaired) electrons. The molecular formula is C12H17BrN2O2S. The lowest BCUT2D eigenvalue weighted by atomic mass is 10.3. The standard InChI is InChI=1S/C12H17BrN2O2S/c13-11-2-1-10(18-11)9-15-7-5-14(6-8-15)4-3-12(16)17/h1-2H,3-9H2,(H,16,17). The van der Waals surface area contributed by atoms with E-state index in [1.54, 1.807) is 11.3 Å². The van der Waals surface area contributed by atoms with E-state index in [-0.39, 0.29) is 6.42 Å². The molecule has 1 aliphatic rings. The molecule has 0 saturated carbocycles. The molecule has 1 fully saturated rings. The average Bonchev–Trinajstić information content (AvgIpc) is 2.74. The van der Waals surface area contributed by atoms with Crippen LogP contribution in [0.25, 0.3) is 0 Å². The fraction of sp³-hybridized carbons (Fsp3) is 0.583. The van der Waals surface area contributed by atoms with Crippen molar-refractivity contribution in [2.24, 2.45) is 0 Å². The highest BCUT2D eigenvalue weighted by Gasteiger charge is 2.17. The molecule has 100 valence electrons. The summed E-state index contributed by atoms with van der Waals surface area (Å²) in [4.78, 5) is 16.5. The zero-order valence-electron chi connectivity index (χ0n) is 10.1. The van der Waals surface area contributed by atoms with Gasteiger partial charge in [-0.25, -0.2) is 0 Å². The predicted octanol–water partition coefficient (Wildman–Crippen LogP) is 2.10. The molecule has 0 unspecified atom stereocenters. The molecule has 1 aromatic heterocycles. The zero-order valence-corrected chi connectivity index (χ0v) is 12.5. The summed E-state index contributed by atoms with van der Waals surface area (Å²) in [7, 11) is 0. The summed E-state index contributed by atoms with van der Waals surface area (Å²) in [5, 5.41) is 8.65. The van der Waals surface area contributed by atoms with E-state index in [2.05, 4.69) is 37.9 Å². The zero-order chi connectivity index (χ0) is 13.0. The first-order valence-corrected chi connectivity index (χ1v) is 7.65. The Morgan fingerprint density at radius 3 is 2.50 bits per heavy atom. The van der Waals surface area contributed by atoms with Gasteiger partial charge in [-0.05, 0) is 28.1 Å². The maximum atomic E-state index is 10.5. The molecule has 1 aliphatic heterocycles. The first kappa shape index (κ1) is 14.0. The van der Waals surface area contributed by atoms with Gasteiger partial charge in [-0.15, -0.1) is 11.3 Å². The molecule has 0 spiro atoms. The molecule has 0 bridgehead atoms. The van der Waals surface area contributed by atoms with Crippen LogP contribution in [0.1, 0.15) is 11.3 Å². The van der Waals surface area contributed by atoms with Gasteiger partial charge in [0.05, 0.1) is 10.2 Å². The Morgan fingerprint density at radius 1 is 1.28 bits per heavy atom. The van der Waals surface area contributed by atoms with Crippen LogP contribution in [0.3, 0.4) is 0 Å². The molecule has 2 heterocycles. The van der Waals surface area contributed by atoms with Crippen LogP contribution in [0.5, 0.6) is 0 Å². The number of halogens is 1. The van der Waals surface area contributed by atoms with Gasteiger partial charge in [-0.3, -0.25) is 9.69 Å². The third-order valence-electron chi connectivity index (χ3n) is 3.12. The van der Waals surface area contributed by atoms with Crippen LogP contribution in [0.2, 0.25) is 0 Å². The number of carboxylic acid groups (broad SMARTS) is 1. The normalized spacial score (nSPS) is 18.1. The third-order valence-corrected chi connectivity index (χ3v) is 4.72. The number of rotatable bonds is 5. The van der Waals surface area contributed by atoms with Gasteiger partial charge in [0.15, 0.2) is 0 Å². The molecule has 4 nitrogen and oxygen atoms in total. The van der Waals surface area contributed by atoms with Gasteiger partial charge in [-0.2, -0.15) is 0 Å². The number of thiophene rings is 1. The van der Waals surface area contributed by atoms with Crippen LogP contribution in [-0.2, 0) is 11.3 Å². The van der Waals surface area contributed by atoms with Crippen molar-refractivity contribution < 1.29 is 9.90 Å². The first-order chi connectivity index (χ1) is 8.63. The molecule has 0 amide bonds. The second-order valence-corrected chi connectivity index (χ2v) is 7.01. The van der Waals surface area contributed by atoms with Gasteiger partial charge >= 0.3 is 5.97 Å². The van der Waals surface area contributed by atoms with Crippen molar-refractivity contribution in [1.82, 2.24) is 9.80 Å². The maximum Gasteiger partial charge on any atom is 0.304 e. The Balaban J connectivity index is 1.71. The van der Waals surface area contributed by atoms with E-state index in [9.17, 15) is 4.79 Å². The Hall–Kier alpha value is -0.430. The van der Waals surface area contributed by atoms with Crippen molar-refractivity contribution in [2.45, 2.75) is 13.0 Å². The van der Waals surface area contributed by atoms with Crippen molar-refractivity contribution in [3.05, 3.63) is 20.8 Å². The van der Waals surface area contributed by atoms with Crippen LogP contribution in [0.15, 0.2) is 15.9 Å². The summed E-state index contributed by atoms with van der Waals surface area (Å²) in [5.74, 6) is -0.708. The maximum absolute atomic E-state index is 10.5. The number of piperazine rings is 1. The van der Waals surface area contributed by atoms with Crippen LogP contribution in [-0.4, -0.2) is 53.6 Å².